The molecule has 1 saturated heterocycles. The van der Waals surface area contributed by atoms with Gasteiger partial charge in [0.1, 0.15) is 5.82 Å². The second kappa shape index (κ2) is 8.70. The molecule has 2 aromatic rings. The van der Waals surface area contributed by atoms with E-state index in [1.165, 1.54) is 0 Å². The van der Waals surface area contributed by atoms with Crippen molar-refractivity contribution < 1.29 is 14.4 Å². The molecule has 7 nitrogen and oxygen atoms in total. The molecule has 0 radical (unpaired) electrons. The average Bonchev–Trinajstić information content (AvgIpc) is 2.67. The van der Waals surface area contributed by atoms with Gasteiger partial charge in [-0.1, -0.05) is 23.2 Å². The van der Waals surface area contributed by atoms with Crippen LogP contribution in [0.3, 0.4) is 0 Å². The minimum atomic E-state index is -0.853. The number of amides is 3. The molecule has 0 spiro atoms. The van der Waals surface area contributed by atoms with Gasteiger partial charge in [-0.05, 0) is 51.0 Å². The maximum Gasteiger partial charge on any atom is 0.234 e. The van der Waals surface area contributed by atoms with E-state index < -0.39 is 17.2 Å². The fourth-order valence-electron chi connectivity index (χ4n) is 3.36. The topological polar surface area (TPSA) is 101 Å². The molecule has 3 amide bonds. The molecule has 0 aliphatic carbocycles. The van der Waals surface area contributed by atoms with Crippen LogP contribution in [-0.2, 0) is 26.3 Å². The molecule has 2 N–H and O–H groups in total. The highest BCUT2D eigenvalue weighted by Crippen LogP contribution is 2.37. The molecular formula is C21H22Cl2N4O3. The molecule has 1 unspecified atom stereocenters. The Balaban J connectivity index is 1.74. The summed E-state index contributed by atoms with van der Waals surface area (Å²) in [5.41, 5.74) is 0.963. The first-order valence-corrected chi connectivity index (χ1v) is 10.2. The van der Waals surface area contributed by atoms with Crippen LogP contribution in [0.4, 0.5) is 0 Å². The number of hydrogen-bond donors (Lipinski definition) is 2. The third-order valence-corrected chi connectivity index (χ3v) is 5.79. The Bertz CT molecular complexity index is 1000. The molecule has 30 heavy (non-hydrogen) atoms. The van der Waals surface area contributed by atoms with E-state index in [4.69, 9.17) is 23.2 Å². The fraction of sp³-hybridized carbons (Fsp3) is 0.381. The van der Waals surface area contributed by atoms with Gasteiger partial charge in [-0.3, -0.25) is 19.7 Å². The van der Waals surface area contributed by atoms with Crippen molar-refractivity contribution in [2.24, 2.45) is 0 Å². The summed E-state index contributed by atoms with van der Waals surface area (Å²) < 4.78 is 0. The van der Waals surface area contributed by atoms with Gasteiger partial charge in [-0.2, -0.15) is 0 Å². The number of imide groups is 1. The third kappa shape index (κ3) is 4.63. The molecule has 1 aromatic carbocycles. The number of halogens is 2. The largest absolute Gasteiger partial charge is 0.351 e. The number of nitrogens with zero attached hydrogens (tertiary/aromatic N) is 2. The molecule has 1 fully saturated rings. The summed E-state index contributed by atoms with van der Waals surface area (Å²) in [6, 6.07) is 5.07. The first-order chi connectivity index (χ1) is 14.1. The second-order valence-corrected chi connectivity index (χ2v) is 8.59. The molecule has 0 bridgehead atoms. The maximum absolute atomic E-state index is 12.8. The van der Waals surface area contributed by atoms with Crippen LogP contribution in [0.5, 0.6) is 0 Å². The summed E-state index contributed by atoms with van der Waals surface area (Å²) in [7, 11) is 0. The Kier molecular flexibility index (Phi) is 6.43. The summed E-state index contributed by atoms with van der Waals surface area (Å²) in [4.78, 5) is 44.7. The zero-order valence-electron chi connectivity index (χ0n) is 16.9. The Morgan fingerprint density at radius 2 is 1.93 bits per heavy atom. The van der Waals surface area contributed by atoms with Crippen LogP contribution in [0.2, 0.25) is 10.0 Å². The van der Waals surface area contributed by atoms with Gasteiger partial charge in [0.05, 0.1) is 17.0 Å². The van der Waals surface area contributed by atoms with Gasteiger partial charge < -0.3 is 5.32 Å². The summed E-state index contributed by atoms with van der Waals surface area (Å²) in [6.07, 6.45) is 2.21. The third-order valence-electron chi connectivity index (χ3n) is 5.16. The van der Waals surface area contributed by atoms with Crippen LogP contribution in [0, 0.1) is 6.92 Å². The van der Waals surface area contributed by atoms with Crippen molar-refractivity contribution in [2.45, 2.75) is 51.5 Å². The molecule has 9 heteroatoms. The lowest BCUT2D eigenvalue weighted by molar-refractivity contribution is -0.134. The summed E-state index contributed by atoms with van der Waals surface area (Å²) >= 11 is 12.8. The second-order valence-electron chi connectivity index (χ2n) is 7.77. The molecule has 3 rings (SSSR count). The first kappa shape index (κ1) is 22.2. The Labute approximate surface area is 184 Å². The van der Waals surface area contributed by atoms with Gasteiger partial charge >= 0.3 is 0 Å². The number of rotatable bonds is 5. The van der Waals surface area contributed by atoms with Gasteiger partial charge in [0.25, 0.3) is 0 Å². The van der Waals surface area contributed by atoms with Gasteiger partial charge in [0.2, 0.25) is 17.7 Å². The van der Waals surface area contributed by atoms with Crippen LogP contribution in [0.1, 0.15) is 55.3 Å². The predicted octanol–water partition coefficient (Wildman–Crippen LogP) is 3.21. The van der Waals surface area contributed by atoms with E-state index in [9.17, 15) is 14.4 Å². The van der Waals surface area contributed by atoms with Gasteiger partial charge in [0, 0.05) is 34.8 Å². The lowest BCUT2D eigenvalue weighted by Gasteiger charge is -2.24. The van der Waals surface area contributed by atoms with Crippen molar-refractivity contribution in [1.29, 1.82) is 0 Å². The summed E-state index contributed by atoms with van der Waals surface area (Å²) in [6.45, 7) is 5.55. The zero-order chi connectivity index (χ0) is 22.1. The predicted molar refractivity (Wildman–Crippen MR) is 113 cm³/mol. The first-order valence-electron chi connectivity index (χ1n) is 9.49. The molecule has 1 aromatic heterocycles. The Hall–Kier alpha value is -2.51. The molecule has 1 aliphatic heterocycles. The lowest BCUT2D eigenvalue weighted by Crippen LogP contribution is -2.40. The van der Waals surface area contributed by atoms with Crippen LogP contribution in [0.25, 0.3) is 0 Å². The smallest absolute Gasteiger partial charge is 0.234 e. The van der Waals surface area contributed by atoms with Crippen molar-refractivity contribution in [1.82, 2.24) is 20.6 Å². The van der Waals surface area contributed by atoms with Crippen LogP contribution >= 0.6 is 23.2 Å². The van der Waals surface area contributed by atoms with Gasteiger partial charge in [0.15, 0.2) is 0 Å². The van der Waals surface area contributed by atoms with E-state index >= 15 is 0 Å². The van der Waals surface area contributed by atoms with Crippen molar-refractivity contribution >= 4 is 40.9 Å². The number of piperidine rings is 1. The average molecular weight is 449 g/mol. The van der Waals surface area contributed by atoms with Crippen LogP contribution < -0.4 is 10.6 Å². The van der Waals surface area contributed by atoms with E-state index in [0.717, 1.165) is 0 Å². The van der Waals surface area contributed by atoms with Gasteiger partial charge in [-0.25, -0.2) is 9.97 Å². The normalized spacial score (nSPS) is 16.9. The molecule has 2 heterocycles. The zero-order valence-corrected chi connectivity index (χ0v) is 18.4. The molecule has 1 atom stereocenters. The number of carbonyl (C=O) groups excluding carboxylic acids is 3. The van der Waals surface area contributed by atoms with Crippen molar-refractivity contribution in [2.75, 3.05) is 0 Å². The minimum Gasteiger partial charge on any atom is -0.351 e. The SMILES string of the molecule is Cc1nccc(C(C)(C)C(=O)NCc2cc(Cl)c(C3CCC(=O)NC3=O)c(Cl)c2)n1. The quantitative estimate of drug-likeness (QED) is 0.683. The monoisotopic (exact) mass is 448 g/mol. The molecule has 158 valence electrons. The molecule has 1 aliphatic rings. The number of aryl methyl sites for hydroxylation is 1. The number of carbonyl (C=O) groups is 3. The van der Waals surface area contributed by atoms with Crippen molar-refractivity contribution in [3.63, 3.8) is 0 Å². The Morgan fingerprint density at radius 1 is 1.27 bits per heavy atom. The minimum absolute atomic E-state index is 0.206. The maximum atomic E-state index is 12.8. The van der Waals surface area contributed by atoms with E-state index in [0.29, 0.717) is 39.1 Å². The van der Waals surface area contributed by atoms with Crippen molar-refractivity contribution in [3.05, 3.63) is 57.1 Å². The van der Waals surface area contributed by atoms with Gasteiger partial charge in [-0.15, -0.1) is 0 Å². The number of benzene rings is 1. The number of hydrogen-bond acceptors (Lipinski definition) is 5. The molecular weight excluding hydrogens is 427 g/mol. The standard InChI is InChI=1S/C21H22Cl2N4O3/c1-11-24-7-6-16(26-11)21(2,3)20(30)25-10-12-8-14(22)18(15(23)9-12)13-4-5-17(28)27-19(13)29/h6-9,13H,4-5,10H2,1-3H3,(H,25,30)(H,27,28,29). The highest BCUT2D eigenvalue weighted by atomic mass is 35.5. The highest BCUT2D eigenvalue weighted by molar-refractivity contribution is 6.36. The number of aromatic nitrogens is 2. The van der Waals surface area contributed by atoms with E-state index in [1.807, 2.05) is 0 Å². The summed E-state index contributed by atoms with van der Waals surface area (Å²) in [5, 5.41) is 5.85. The van der Waals surface area contributed by atoms with E-state index in [1.54, 1.807) is 45.2 Å². The lowest BCUT2D eigenvalue weighted by atomic mass is 9.87. The van der Waals surface area contributed by atoms with Crippen molar-refractivity contribution in [3.8, 4) is 0 Å². The van der Waals surface area contributed by atoms with E-state index in [2.05, 4.69) is 20.6 Å². The van der Waals surface area contributed by atoms with Crippen LogP contribution in [-0.4, -0.2) is 27.7 Å². The highest BCUT2D eigenvalue weighted by Gasteiger charge is 2.33. The fourth-order valence-corrected chi connectivity index (χ4v) is 4.16. The summed E-state index contributed by atoms with van der Waals surface area (Å²) in [5.74, 6) is -0.897. The number of nitrogens with one attached hydrogen (secondary N) is 2. The molecule has 0 saturated carbocycles. The van der Waals surface area contributed by atoms with Crippen LogP contribution in [0.15, 0.2) is 24.4 Å². The van der Waals surface area contributed by atoms with E-state index in [-0.39, 0.29) is 24.8 Å². The Morgan fingerprint density at radius 3 is 2.53 bits per heavy atom.